The van der Waals surface area contributed by atoms with Gasteiger partial charge in [-0.25, -0.2) is 0 Å². The van der Waals surface area contributed by atoms with Crippen molar-refractivity contribution < 1.29 is 4.74 Å². The number of ether oxygens (including phenoxy) is 1. The van der Waals surface area contributed by atoms with E-state index < -0.39 is 0 Å². The highest BCUT2D eigenvalue weighted by atomic mass is 79.9. The minimum atomic E-state index is 0.475. The number of hydrogen-bond donors (Lipinski definition) is 1. The lowest BCUT2D eigenvalue weighted by atomic mass is 9.99. The van der Waals surface area contributed by atoms with E-state index in [1.807, 2.05) is 6.20 Å². The zero-order chi connectivity index (χ0) is 14.9. The molecule has 1 aromatic rings. The van der Waals surface area contributed by atoms with Gasteiger partial charge < -0.3 is 10.1 Å². The Balaban J connectivity index is 1.82. The van der Waals surface area contributed by atoms with Gasteiger partial charge in [-0.2, -0.15) is 0 Å². The van der Waals surface area contributed by atoms with Crippen LogP contribution < -0.4 is 5.32 Å². The smallest absolute Gasteiger partial charge is 0.0575 e. The Hall–Kier alpha value is -0.450. The van der Waals surface area contributed by atoms with Crippen LogP contribution in [0.1, 0.15) is 51.1 Å². The van der Waals surface area contributed by atoms with E-state index in [0.29, 0.717) is 12.1 Å². The quantitative estimate of drug-likeness (QED) is 0.762. The molecule has 2 heterocycles. The van der Waals surface area contributed by atoms with Gasteiger partial charge in [-0.1, -0.05) is 6.92 Å². The van der Waals surface area contributed by atoms with Crippen LogP contribution in [-0.2, 0) is 11.2 Å². The molecule has 0 spiro atoms. The van der Waals surface area contributed by atoms with Crippen LogP contribution in [0.5, 0.6) is 0 Å². The molecule has 2 rings (SSSR count). The molecule has 1 aromatic heterocycles. The number of aromatic nitrogens is 1. The van der Waals surface area contributed by atoms with Gasteiger partial charge in [0.1, 0.15) is 0 Å². The molecule has 0 aromatic carbocycles. The van der Waals surface area contributed by atoms with Crippen molar-refractivity contribution in [3.05, 3.63) is 28.5 Å². The second kappa shape index (κ2) is 9.54. The molecule has 1 N–H and O–H groups in total. The third-order valence-electron chi connectivity index (χ3n) is 4.04. The standard InChI is InChI=1S/C17H27BrN2O/c1-2-10-19-15(8-9-17-5-3-4-11-21-17)12-16-7-6-14(18)13-20-16/h6-7,13,15,17,19H,2-5,8-12H2,1H3. The molecule has 1 aliphatic rings. The van der Waals surface area contributed by atoms with Crippen LogP contribution in [0.25, 0.3) is 0 Å². The van der Waals surface area contributed by atoms with Crippen molar-refractivity contribution in [2.75, 3.05) is 13.2 Å². The number of halogens is 1. The van der Waals surface area contributed by atoms with Crippen LogP contribution in [0.15, 0.2) is 22.8 Å². The fourth-order valence-corrected chi connectivity index (χ4v) is 3.06. The van der Waals surface area contributed by atoms with Crippen LogP contribution in [-0.4, -0.2) is 30.3 Å². The van der Waals surface area contributed by atoms with Crippen molar-refractivity contribution >= 4 is 15.9 Å². The van der Waals surface area contributed by atoms with Crippen molar-refractivity contribution in [1.82, 2.24) is 10.3 Å². The zero-order valence-electron chi connectivity index (χ0n) is 13.0. The molecule has 0 saturated carbocycles. The Kier molecular flexibility index (Phi) is 7.69. The molecule has 21 heavy (non-hydrogen) atoms. The predicted octanol–water partition coefficient (Wildman–Crippen LogP) is 4.10. The van der Waals surface area contributed by atoms with Crippen molar-refractivity contribution in [2.24, 2.45) is 0 Å². The molecular weight excluding hydrogens is 328 g/mol. The van der Waals surface area contributed by atoms with E-state index in [1.165, 1.54) is 32.1 Å². The predicted molar refractivity (Wildman–Crippen MR) is 90.5 cm³/mol. The molecule has 0 aliphatic carbocycles. The summed E-state index contributed by atoms with van der Waals surface area (Å²) in [4.78, 5) is 4.50. The van der Waals surface area contributed by atoms with Gasteiger partial charge in [0.25, 0.3) is 0 Å². The summed E-state index contributed by atoms with van der Waals surface area (Å²) < 4.78 is 6.89. The first-order chi connectivity index (χ1) is 10.3. The fraction of sp³-hybridized carbons (Fsp3) is 0.706. The Morgan fingerprint density at radius 3 is 3.00 bits per heavy atom. The monoisotopic (exact) mass is 354 g/mol. The summed E-state index contributed by atoms with van der Waals surface area (Å²) in [5.41, 5.74) is 1.16. The minimum absolute atomic E-state index is 0.475. The highest BCUT2D eigenvalue weighted by molar-refractivity contribution is 9.10. The summed E-state index contributed by atoms with van der Waals surface area (Å²) in [7, 11) is 0. The van der Waals surface area contributed by atoms with E-state index in [2.05, 4.69) is 45.3 Å². The van der Waals surface area contributed by atoms with Crippen molar-refractivity contribution in [1.29, 1.82) is 0 Å². The summed E-state index contributed by atoms with van der Waals surface area (Å²) >= 11 is 3.44. The maximum absolute atomic E-state index is 5.85. The van der Waals surface area contributed by atoms with Crippen molar-refractivity contribution in [3.63, 3.8) is 0 Å². The molecule has 1 saturated heterocycles. The fourth-order valence-electron chi connectivity index (χ4n) is 2.83. The van der Waals surface area contributed by atoms with E-state index in [-0.39, 0.29) is 0 Å². The molecule has 1 fully saturated rings. The zero-order valence-corrected chi connectivity index (χ0v) is 14.6. The topological polar surface area (TPSA) is 34.1 Å². The molecule has 2 atom stereocenters. The van der Waals surface area contributed by atoms with Crippen molar-refractivity contribution in [2.45, 2.75) is 64.0 Å². The van der Waals surface area contributed by atoms with Gasteiger partial charge in [0.15, 0.2) is 0 Å². The van der Waals surface area contributed by atoms with E-state index in [1.54, 1.807) is 0 Å². The average molecular weight is 355 g/mol. The van der Waals surface area contributed by atoms with Crippen LogP contribution in [0.3, 0.4) is 0 Å². The average Bonchev–Trinajstić information content (AvgIpc) is 2.53. The lowest BCUT2D eigenvalue weighted by Gasteiger charge is -2.25. The Bertz CT molecular complexity index is 390. The summed E-state index contributed by atoms with van der Waals surface area (Å²) in [6.45, 7) is 4.24. The Labute approximate surface area is 137 Å². The van der Waals surface area contributed by atoms with Gasteiger partial charge in [-0.3, -0.25) is 4.98 Å². The molecule has 0 amide bonds. The number of hydrogen-bond acceptors (Lipinski definition) is 3. The maximum atomic E-state index is 5.85. The number of pyridine rings is 1. The third-order valence-corrected chi connectivity index (χ3v) is 4.51. The van der Waals surface area contributed by atoms with Crippen LogP contribution in [0.4, 0.5) is 0 Å². The molecule has 0 bridgehead atoms. The van der Waals surface area contributed by atoms with Gasteiger partial charge in [-0.15, -0.1) is 0 Å². The van der Waals surface area contributed by atoms with Gasteiger partial charge in [0.2, 0.25) is 0 Å². The van der Waals surface area contributed by atoms with E-state index >= 15 is 0 Å². The van der Waals surface area contributed by atoms with Crippen LogP contribution in [0, 0.1) is 0 Å². The highest BCUT2D eigenvalue weighted by Crippen LogP contribution is 2.19. The molecule has 2 unspecified atom stereocenters. The van der Waals surface area contributed by atoms with Crippen LogP contribution in [0.2, 0.25) is 0 Å². The Morgan fingerprint density at radius 1 is 1.43 bits per heavy atom. The molecule has 118 valence electrons. The van der Waals surface area contributed by atoms with Gasteiger partial charge in [0, 0.05) is 35.4 Å². The van der Waals surface area contributed by atoms with E-state index in [4.69, 9.17) is 4.74 Å². The van der Waals surface area contributed by atoms with Crippen molar-refractivity contribution in [3.8, 4) is 0 Å². The van der Waals surface area contributed by atoms with Gasteiger partial charge in [0.05, 0.1) is 6.10 Å². The number of rotatable bonds is 8. The minimum Gasteiger partial charge on any atom is -0.378 e. The largest absolute Gasteiger partial charge is 0.378 e. The van der Waals surface area contributed by atoms with Gasteiger partial charge >= 0.3 is 0 Å². The lowest BCUT2D eigenvalue weighted by Crippen LogP contribution is -2.33. The summed E-state index contributed by atoms with van der Waals surface area (Å²) in [6.07, 6.45) is 10.7. The molecule has 4 heteroatoms. The highest BCUT2D eigenvalue weighted by Gasteiger charge is 2.17. The first-order valence-electron chi connectivity index (χ1n) is 8.23. The second-order valence-corrected chi connectivity index (χ2v) is 6.80. The molecule has 0 radical (unpaired) electrons. The van der Waals surface area contributed by atoms with Crippen LogP contribution >= 0.6 is 15.9 Å². The summed E-state index contributed by atoms with van der Waals surface area (Å²) in [6, 6.07) is 4.69. The summed E-state index contributed by atoms with van der Waals surface area (Å²) in [5.74, 6) is 0. The third kappa shape index (κ3) is 6.45. The number of nitrogens with one attached hydrogen (secondary N) is 1. The van der Waals surface area contributed by atoms with E-state index in [9.17, 15) is 0 Å². The lowest BCUT2D eigenvalue weighted by molar-refractivity contribution is 0.00857. The molecule has 1 aliphatic heterocycles. The molecular formula is C17H27BrN2O. The second-order valence-electron chi connectivity index (χ2n) is 5.89. The SMILES string of the molecule is CCCNC(CCC1CCCCO1)Cc1ccc(Br)cn1. The Morgan fingerprint density at radius 2 is 2.33 bits per heavy atom. The number of nitrogens with zero attached hydrogens (tertiary/aromatic N) is 1. The first-order valence-corrected chi connectivity index (χ1v) is 9.02. The molecule has 3 nitrogen and oxygen atoms in total. The summed E-state index contributed by atoms with van der Waals surface area (Å²) in [5, 5.41) is 3.66. The van der Waals surface area contributed by atoms with E-state index in [0.717, 1.165) is 36.2 Å². The first kappa shape index (κ1) is 16.9. The van der Waals surface area contributed by atoms with Gasteiger partial charge in [-0.05, 0) is 73.1 Å². The maximum Gasteiger partial charge on any atom is 0.0575 e. The normalized spacial score (nSPS) is 20.4.